The maximum atomic E-state index is 6.04. The largest absolute Gasteiger partial charge is 0.379 e. The van der Waals surface area contributed by atoms with Crippen LogP contribution in [-0.2, 0) is 4.74 Å². The molecule has 0 aromatic rings. The van der Waals surface area contributed by atoms with E-state index in [1.165, 1.54) is 12.8 Å². The average Bonchev–Trinajstić information content (AvgIpc) is 1.85. The summed E-state index contributed by atoms with van der Waals surface area (Å²) in [5.74, 6) is 0.722. The van der Waals surface area contributed by atoms with Crippen molar-refractivity contribution in [2.45, 2.75) is 32.2 Å². The molecule has 0 aromatic heterocycles. The van der Waals surface area contributed by atoms with E-state index in [4.69, 9.17) is 10.5 Å². The highest BCUT2D eigenvalue weighted by Gasteiger charge is 2.57. The van der Waals surface area contributed by atoms with Gasteiger partial charge in [0.2, 0.25) is 0 Å². The predicted molar refractivity (Wildman–Crippen MR) is 44.2 cm³/mol. The highest BCUT2D eigenvalue weighted by Crippen LogP contribution is 2.55. The molecule has 1 aliphatic carbocycles. The van der Waals surface area contributed by atoms with Crippen LogP contribution >= 0.6 is 0 Å². The zero-order valence-electron chi connectivity index (χ0n) is 7.39. The van der Waals surface area contributed by atoms with Crippen molar-refractivity contribution >= 4 is 0 Å². The van der Waals surface area contributed by atoms with Gasteiger partial charge < -0.3 is 10.5 Å². The molecule has 2 N–H and O–H groups in total. The summed E-state index contributed by atoms with van der Waals surface area (Å²) in [7, 11) is 0. The molecule has 11 heavy (non-hydrogen) atoms. The zero-order chi connectivity index (χ0) is 8.11. The van der Waals surface area contributed by atoms with Gasteiger partial charge in [-0.05, 0) is 24.2 Å². The van der Waals surface area contributed by atoms with E-state index in [1.807, 2.05) is 0 Å². The minimum absolute atomic E-state index is 0.0442. The number of nitrogens with two attached hydrogens (primary N) is 1. The summed E-state index contributed by atoms with van der Waals surface area (Å²) in [4.78, 5) is 0. The van der Waals surface area contributed by atoms with Crippen molar-refractivity contribution in [2.75, 3.05) is 13.2 Å². The van der Waals surface area contributed by atoms with Gasteiger partial charge in [-0.3, -0.25) is 0 Å². The molecule has 0 unspecified atom stereocenters. The maximum absolute atomic E-state index is 6.04. The predicted octanol–water partition coefficient (Wildman–Crippen LogP) is 1.15. The number of fused-ring (bicyclic) bond motifs is 2. The van der Waals surface area contributed by atoms with Gasteiger partial charge in [0, 0.05) is 5.54 Å². The van der Waals surface area contributed by atoms with Gasteiger partial charge in [0.1, 0.15) is 0 Å². The first kappa shape index (κ1) is 7.56. The molecule has 2 bridgehead atoms. The van der Waals surface area contributed by atoms with E-state index in [0.29, 0.717) is 5.41 Å². The molecule has 0 spiro atoms. The summed E-state index contributed by atoms with van der Waals surface area (Å²) in [6, 6.07) is 0. The highest BCUT2D eigenvalue weighted by atomic mass is 16.5. The first-order valence-corrected chi connectivity index (χ1v) is 4.43. The van der Waals surface area contributed by atoms with Crippen molar-refractivity contribution in [3.8, 4) is 0 Å². The minimum atomic E-state index is 0.0442. The third-order valence-corrected chi connectivity index (χ3v) is 3.41. The summed E-state index contributed by atoms with van der Waals surface area (Å²) in [6.07, 6.45) is 2.36. The normalized spacial score (nSPS) is 49.1. The Bertz CT molecular complexity index is 170. The number of ether oxygens (including phenoxy) is 1. The molecule has 0 aromatic carbocycles. The first-order valence-electron chi connectivity index (χ1n) is 4.43. The lowest BCUT2D eigenvalue weighted by atomic mass is 9.52. The van der Waals surface area contributed by atoms with E-state index in [9.17, 15) is 0 Å². The van der Waals surface area contributed by atoms with E-state index in [1.54, 1.807) is 0 Å². The van der Waals surface area contributed by atoms with Gasteiger partial charge in [-0.2, -0.15) is 0 Å². The van der Waals surface area contributed by atoms with E-state index in [0.717, 1.165) is 19.1 Å². The van der Waals surface area contributed by atoms with Crippen LogP contribution in [0.2, 0.25) is 0 Å². The molecular formula is C9H17NO. The fraction of sp³-hybridized carbons (Fsp3) is 1.00. The third-order valence-electron chi connectivity index (χ3n) is 3.41. The molecule has 2 aliphatic heterocycles. The fourth-order valence-electron chi connectivity index (χ4n) is 2.59. The molecule has 2 heteroatoms. The maximum Gasteiger partial charge on any atom is 0.0646 e. The molecule has 2 saturated heterocycles. The second-order valence-corrected chi connectivity index (χ2v) is 4.73. The van der Waals surface area contributed by atoms with Crippen molar-refractivity contribution in [1.29, 1.82) is 0 Å². The quantitative estimate of drug-likeness (QED) is 0.616. The third kappa shape index (κ3) is 0.926. The number of rotatable bonds is 1. The molecule has 64 valence electrons. The molecule has 3 aliphatic rings. The lowest BCUT2D eigenvalue weighted by Crippen LogP contribution is -2.67. The van der Waals surface area contributed by atoms with Crippen LogP contribution in [0.25, 0.3) is 0 Å². The Hall–Kier alpha value is -0.0800. The van der Waals surface area contributed by atoms with Crippen LogP contribution in [0.3, 0.4) is 0 Å². The Morgan fingerprint density at radius 3 is 2.27 bits per heavy atom. The molecular weight excluding hydrogens is 138 g/mol. The van der Waals surface area contributed by atoms with Crippen LogP contribution in [-0.4, -0.2) is 18.8 Å². The van der Waals surface area contributed by atoms with E-state index in [2.05, 4.69) is 13.8 Å². The van der Waals surface area contributed by atoms with Gasteiger partial charge in [0.15, 0.2) is 0 Å². The van der Waals surface area contributed by atoms with Crippen molar-refractivity contribution in [2.24, 2.45) is 17.1 Å². The Kier molecular flexibility index (Phi) is 1.37. The molecule has 3 fully saturated rings. The van der Waals surface area contributed by atoms with Crippen LogP contribution in [0.4, 0.5) is 0 Å². The van der Waals surface area contributed by atoms with Crippen LogP contribution in [0.15, 0.2) is 0 Å². The average molecular weight is 155 g/mol. The smallest absolute Gasteiger partial charge is 0.0646 e. The van der Waals surface area contributed by atoms with Crippen LogP contribution in [0, 0.1) is 11.3 Å². The standard InChI is InChI=1S/C9H17NO/c1-7(2)8-3-9(10,4-8)6-11-5-8/h7H,3-6,10H2,1-2H3. The van der Waals surface area contributed by atoms with Crippen molar-refractivity contribution in [1.82, 2.24) is 0 Å². The minimum Gasteiger partial charge on any atom is -0.379 e. The molecule has 2 nitrogen and oxygen atoms in total. The molecule has 3 rings (SSSR count). The zero-order valence-corrected chi connectivity index (χ0v) is 7.39. The van der Waals surface area contributed by atoms with Crippen molar-refractivity contribution in [3.63, 3.8) is 0 Å². The fourth-order valence-corrected chi connectivity index (χ4v) is 2.59. The van der Waals surface area contributed by atoms with Crippen LogP contribution < -0.4 is 5.73 Å². The summed E-state index contributed by atoms with van der Waals surface area (Å²) in [5.41, 5.74) is 6.52. The van der Waals surface area contributed by atoms with Gasteiger partial charge in [0.05, 0.1) is 13.2 Å². The SMILES string of the molecule is CC(C)C12COCC(N)(C1)C2. The first-order chi connectivity index (χ1) is 5.06. The monoisotopic (exact) mass is 155 g/mol. The van der Waals surface area contributed by atoms with Crippen LogP contribution in [0.1, 0.15) is 26.7 Å². The lowest BCUT2D eigenvalue weighted by Gasteiger charge is -2.60. The molecule has 0 atom stereocenters. The Labute approximate surface area is 68.1 Å². The number of hydrogen-bond donors (Lipinski definition) is 1. The Morgan fingerprint density at radius 1 is 1.27 bits per heavy atom. The highest BCUT2D eigenvalue weighted by molar-refractivity contribution is 5.11. The van der Waals surface area contributed by atoms with Gasteiger partial charge in [-0.15, -0.1) is 0 Å². The van der Waals surface area contributed by atoms with Gasteiger partial charge in [0.25, 0.3) is 0 Å². The van der Waals surface area contributed by atoms with E-state index in [-0.39, 0.29) is 5.54 Å². The summed E-state index contributed by atoms with van der Waals surface area (Å²) in [5, 5.41) is 0. The Balaban J connectivity index is 2.10. The van der Waals surface area contributed by atoms with Gasteiger partial charge in [-0.1, -0.05) is 13.8 Å². The van der Waals surface area contributed by atoms with E-state index >= 15 is 0 Å². The molecule has 2 heterocycles. The Morgan fingerprint density at radius 2 is 1.91 bits per heavy atom. The number of hydrogen-bond acceptors (Lipinski definition) is 2. The summed E-state index contributed by atoms with van der Waals surface area (Å²) < 4.78 is 5.47. The lowest BCUT2D eigenvalue weighted by molar-refractivity contribution is -0.167. The molecule has 1 saturated carbocycles. The second-order valence-electron chi connectivity index (χ2n) is 4.73. The van der Waals surface area contributed by atoms with Crippen LogP contribution in [0.5, 0.6) is 0 Å². The second kappa shape index (κ2) is 1.99. The van der Waals surface area contributed by atoms with Crippen molar-refractivity contribution in [3.05, 3.63) is 0 Å². The molecule has 0 radical (unpaired) electrons. The van der Waals surface area contributed by atoms with Gasteiger partial charge >= 0.3 is 0 Å². The van der Waals surface area contributed by atoms with Crippen molar-refractivity contribution < 1.29 is 4.74 Å². The summed E-state index contributed by atoms with van der Waals surface area (Å²) in [6.45, 7) is 6.26. The summed E-state index contributed by atoms with van der Waals surface area (Å²) >= 11 is 0. The molecule has 0 amide bonds. The topological polar surface area (TPSA) is 35.2 Å². The van der Waals surface area contributed by atoms with E-state index < -0.39 is 0 Å². The van der Waals surface area contributed by atoms with Gasteiger partial charge in [-0.25, -0.2) is 0 Å².